The minimum Gasteiger partial charge on any atom is -0.481 e. The molecule has 0 spiro atoms. The molecule has 0 bridgehead atoms. The average Bonchev–Trinajstić information content (AvgIpc) is 2.83. The van der Waals surface area contributed by atoms with Crippen molar-refractivity contribution in [3.63, 3.8) is 0 Å². The average molecular weight is 262 g/mol. The monoisotopic (exact) mass is 262 g/mol. The van der Waals surface area contributed by atoms with Gasteiger partial charge in [-0.15, -0.1) is 0 Å². The highest BCUT2D eigenvalue weighted by atomic mass is 16.4. The van der Waals surface area contributed by atoms with E-state index in [0.717, 1.165) is 18.7 Å². The molecule has 3 N–H and O–H groups in total. The molecule has 1 aliphatic rings. The first-order valence-corrected chi connectivity index (χ1v) is 6.82. The molecule has 19 heavy (non-hydrogen) atoms. The van der Waals surface area contributed by atoms with Gasteiger partial charge < -0.3 is 15.7 Å². The molecule has 2 atom stereocenters. The van der Waals surface area contributed by atoms with Gasteiger partial charge in [-0.05, 0) is 43.5 Å². The fourth-order valence-electron chi connectivity index (χ4n) is 2.70. The van der Waals surface area contributed by atoms with Gasteiger partial charge in [0, 0.05) is 19.0 Å². The molecule has 1 saturated heterocycles. The third kappa shape index (κ3) is 3.78. The third-order valence-electron chi connectivity index (χ3n) is 3.87. The molecule has 1 heterocycles. The van der Waals surface area contributed by atoms with Gasteiger partial charge in [-0.1, -0.05) is 24.3 Å². The zero-order valence-electron chi connectivity index (χ0n) is 11.4. The number of rotatable bonds is 5. The van der Waals surface area contributed by atoms with Crippen LogP contribution in [-0.2, 0) is 4.79 Å². The van der Waals surface area contributed by atoms with Crippen LogP contribution in [0.4, 0.5) is 0 Å². The number of nitrogens with zero attached hydrogens (tertiary/aromatic N) is 1. The number of likely N-dealkylation sites (tertiary alicyclic amines) is 1. The molecule has 4 nitrogen and oxygen atoms in total. The van der Waals surface area contributed by atoms with Crippen molar-refractivity contribution in [1.29, 1.82) is 0 Å². The lowest BCUT2D eigenvalue weighted by Gasteiger charge is -2.15. The van der Waals surface area contributed by atoms with Crippen molar-refractivity contribution in [2.45, 2.75) is 31.2 Å². The summed E-state index contributed by atoms with van der Waals surface area (Å²) in [5, 5.41) is 8.70. The van der Waals surface area contributed by atoms with Crippen molar-refractivity contribution in [3.8, 4) is 0 Å². The van der Waals surface area contributed by atoms with Crippen molar-refractivity contribution >= 4 is 5.97 Å². The number of nitrogens with two attached hydrogens (primary N) is 1. The molecule has 0 amide bonds. The molecule has 0 radical (unpaired) electrons. The van der Waals surface area contributed by atoms with Crippen molar-refractivity contribution in [2.75, 3.05) is 20.1 Å². The Morgan fingerprint density at radius 3 is 3.00 bits per heavy atom. The molecule has 0 aromatic heterocycles. The Kier molecular flexibility index (Phi) is 4.56. The first-order valence-electron chi connectivity index (χ1n) is 6.82. The van der Waals surface area contributed by atoms with Crippen LogP contribution in [0.2, 0.25) is 0 Å². The maximum Gasteiger partial charge on any atom is 0.303 e. The molecular weight excluding hydrogens is 240 g/mol. The zero-order chi connectivity index (χ0) is 13.8. The van der Waals surface area contributed by atoms with Crippen LogP contribution in [0, 0.1) is 0 Å². The topological polar surface area (TPSA) is 66.6 Å². The molecular formula is C15H22N2O2. The number of carboxylic acid groups (broad SMARTS) is 1. The Hall–Kier alpha value is -1.39. The molecule has 2 rings (SSSR count). The van der Waals surface area contributed by atoms with Gasteiger partial charge >= 0.3 is 5.97 Å². The maximum absolute atomic E-state index is 10.6. The van der Waals surface area contributed by atoms with Gasteiger partial charge in [0.25, 0.3) is 0 Å². The molecule has 4 heteroatoms. The minimum atomic E-state index is -0.788. The van der Waals surface area contributed by atoms with E-state index < -0.39 is 5.97 Å². The highest BCUT2D eigenvalue weighted by Crippen LogP contribution is 2.28. The second-order valence-electron chi connectivity index (χ2n) is 5.46. The second kappa shape index (κ2) is 6.17. The summed E-state index contributed by atoms with van der Waals surface area (Å²) in [5.74, 6) is -0.208. The van der Waals surface area contributed by atoms with E-state index in [9.17, 15) is 4.79 Å². The van der Waals surface area contributed by atoms with Crippen LogP contribution < -0.4 is 5.73 Å². The number of carboxylic acids is 1. The van der Waals surface area contributed by atoms with Crippen LogP contribution in [0.25, 0.3) is 0 Å². The van der Waals surface area contributed by atoms with Gasteiger partial charge in [-0.25, -0.2) is 0 Å². The lowest BCUT2D eigenvalue weighted by Crippen LogP contribution is -2.14. The standard InChI is InChI=1S/C15H22N2O2/c1-17-8-7-13(10-17)11-3-2-4-12(9-11)14(16)5-6-15(18)19/h2-4,9,13-14H,5-8,10,16H2,1H3,(H,18,19). The largest absolute Gasteiger partial charge is 0.481 e. The predicted molar refractivity (Wildman–Crippen MR) is 75.1 cm³/mol. The number of hydrogen-bond acceptors (Lipinski definition) is 3. The van der Waals surface area contributed by atoms with Crippen molar-refractivity contribution in [3.05, 3.63) is 35.4 Å². The van der Waals surface area contributed by atoms with E-state index >= 15 is 0 Å². The molecule has 1 aromatic rings. The molecule has 2 unspecified atom stereocenters. The van der Waals surface area contributed by atoms with E-state index in [1.165, 1.54) is 12.0 Å². The smallest absolute Gasteiger partial charge is 0.303 e. The van der Waals surface area contributed by atoms with E-state index in [1.54, 1.807) is 0 Å². The first kappa shape index (κ1) is 14.0. The van der Waals surface area contributed by atoms with E-state index in [2.05, 4.69) is 24.1 Å². The lowest BCUT2D eigenvalue weighted by molar-refractivity contribution is -0.137. The van der Waals surface area contributed by atoms with Crippen molar-refractivity contribution in [2.24, 2.45) is 5.73 Å². The highest BCUT2D eigenvalue weighted by Gasteiger charge is 2.21. The second-order valence-corrected chi connectivity index (χ2v) is 5.46. The van der Waals surface area contributed by atoms with E-state index in [1.807, 2.05) is 12.1 Å². The maximum atomic E-state index is 10.6. The van der Waals surface area contributed by atoms with Gasteiger partial charge in [0.1, 0.15) is 0 Å². The van der Waals surface area contributed by atoms with Gasteiger partial charge in [0.2, 0.25) is 0 Å². The number of hydrogen-bond donors (Lipinski definition) is 2. The van der Waals surface area contributed by atoms with Crippen molar-refractivity contribution in [1.82, 2.24) is 4.90 Å². The fourth-order valence-corrected chi connectivity index (χ4v) is 2.70. The summed E-state index contributed by atoms with van der Waals surface area (Å²) >= 11 is 0. The summed E-state index contributed by atoms with van der Waals surface area (Å²) in [7, 11) is 2.14. The molecule has 104 valence electrons. The molecule has 1 fully saturated rings. The van der Waals surface area contributed by atoms with Crippen LogP contribution in [0.15, 0.2) is 24.3 Å². The first-order chi connectivity index (χ1) is 9.06. The summed E-state index contributed by atoms with van der Waals surface area (Å²) in [6, 6.07) is 8.14. The summed E-state index contributed by atoms with van der Waals surface area (Å²) in [6.07, 6.45) is 1.80. The number of likely N-dealkylation sites (N-methyl/N-ethyl adjacent to an activating group) is 1. The molecule has 0 aliphatic carbocycles. The Bertz CT molecular complexity index is 448. The van der Waals surface area contributed by atoms with Crippen LogP contribution in [0.1, 0.15) is 42.3 Å². The van der Waals surface area contributed by atoms with Crippen LogP contribution in [-0.4, -0.2) is 36.1 Å². The van der Waals surface area contributed by atoms with Crippen LogP contribution >= 0.6 is 0 Å². The number of aliphatic carboxylic acids is 1. The van der Waals surface area contributed by atoms with E-state index in [-0.39, 0.29) is 12.5 Å². The van der Waals surface area contributed by atoms with Gasteiger partial charge in [0.05, 0.1) is 0 Å². The summed E-state index contributed by atoms with van der Waals surface area (Å²) in [4.78, 5) is 12.9. The molecule has 1 aliphatic heterocycles. The van der Waals surface area contributed by atoms with Crippen LogP contribution in [0.5, 0.6) is 0 Å². The predicted octanol–water partition coefficient (Wildman–Crippen LogP) is 1.97. The Labute approximate surface area is 114 Å². The normalized spacial score (nSPS) is 21.5. The van der Waals surface area contributed by atoms with Crippen molar-refractivity contribution < 1.29 is 9.90 Å². The minimum absolute atomic E-state index is 0.123. The fraction of sp³-hybridized carbons (Fsp3) is 0.533. The Morgan fingerprint density at radius 1 is 1.58 bits per heavy atom. The Balaban J connectivity index is 2.04. The zero-order valence-corrected chi connectivity index (χ0v) is 11.4. The number of carbonyl (C=O) groups is 1. The SMILES string of the molecule is CN1CCC(c2cccc(C(N)CCC(=O)O)c2)C1. The Morgan fingerprint density at radius 2 is 2.37 bits per heavy atom. The van der Waals surface area contributed by atoms with Gasteiger partial charge in [0.15, 0.2) is 0 Å². The van der Waals surface area contributed by atoms with E-state index in [0.29, 0.717) is 12.3 Å². The van der Waals surface area contributed by atoms with Gasteiger partial charge in [-0.3, -0.25) is 4.79 Å². The lowest BCUT2D eigenvalue weighted by atomic mass is 9.93. The van der Waals surface area contributed by atoms with Crippen LogP contribution in [0.3, 0.4) is 0 Å². The van der Waals surface area contributed by atoms with E-state index in [4.69, 9.17) is 10.8 Å². The molecule has 0 saturated carbocycles. The van der Waals surface area contributed by atoms with Gasteiger partial charge in [-0.2, -0.15) is 0 Å². The molecule has 1 aromatic carbocycles. The summed E-state index contributed by atoms with van der Waals surface area (Å²) in [5.41, 5.74) is 8.44. The summed E-state index contributed by atoms with van der Waals surface area (Å²) < 4.78 is 0. The number of benzene rings is 1. The highest BCUT2D eigenvalue weighted by molar-refractivity contribution is 5.66. The summed E-state index contributed by atoms with van der Waals surface area (Å²) in [6.45, 7) is 2.23. The third-order valence-corrected chi connectivity index (χ3v) is 3.87. The quantitative estimate of drug-likeness (QED) is 0.851.